The molecule has 1 aliphatic heterocycles. The predicted octanol–water partition coefficient (Wildman–Crippen LogP) is 2.98. The van der Waals surface area contributed by atoms with Gasteiger partial charge in [-0.3, -0.25) is 10.3 Å². The van der Waals surface area contributed by atoms with E-state index in [2.05, 4.69) is 21.5 Å². The number of nitrogens with zero attached hydrogens (tertiary/aromatic N) is 3. The molecular formula is C19H29N5O. The van der Waals surface area contributed by atoms with E-state index >= 15 is 0 Å². The summed E-state index contributed by atoms with van der Waals surface area (Å²) in [4.78, 5) is 9.19. The third kappa shape index (κ3) is 3.42. The number of aliphatic imine (C=N–C) groups is 1. The van der Waals surface area contributed by atoms with Crippen molar-refractivity contribution in [3.63, 3.8) is 0 Å². The van der Waals surface area contributed by atoms with Crippen molar-refractivity contribution in [2.75, 3.05) is 0 Å². The van der Waals surface area contributed by atoms with Gasteiger partial charge in [0.15, 0.2) is 5.82 Å². The molecule has 2 heterocycles. The highest BCUT2D eigenvalue weighted by Gasteiger charge is 2.44. The van der Waals surface area contributed by atoms with Crippen LogP contribution in [0.3, 0.4) is 0 Å². The highest BCUT2D eigenvalue weighted by atomic mass is 16.5. The SMILES string of the molecule is Cc1noc(C2=CC(N)(C3CCCCC3)C(NC3CCCC3)N=C2)n1. The van der Waals surface area contributed by atoms with Gasteiger partial charge in [-0.25, -0.2) is 0 Å². The number of nitrogens with one attached hydrogen (secondary N) is 1. The molecule has 2 aliphatic carbocycles. The lowest BCUT2D eigenvalue weighted by Gasteiger charge is -2.44. The molecule has 3 aliphatic rings. The van der Waals surface area contributed by atoms with E-state index in [9.17, 15) is 0 Å². The Bertz CT molecular complexity index is 655. The molecule has 25 heavy (non-hydrogen) atoms. The van der Waals surface area contributed by atoms with Gasteiger partial charge in [0.2, 0.25) is 0 Å². The molecule has 2 fully saturated rings. The van der Waals surface area contributed by atoms with Crippen molar-refractivity contribution in [3.05, 3.63) is 17.8 Å². The summed E-state index contributed by atoms with van der Waals surface area (Å²) in [5, 5.41) is 7.66. The minimum Gasteiger partial charge on any atom is -0.334 e. The Kier molecular flexibility index (Phi) is 4.73. The fourth-order valence-electron chi connectivity index (χ4n) is 4.65. The van der Waals surface area contributed by atoms with Gasteiger partial charge >= 0.3 is 0 Å². The van der Waals surface area contributed by atoms with Crippen LogP contribution >= 0.6 is 0 Å². The molecule has 2 unspecified atom stereocenters. The van der Waals surface area contributed by atoms with E-state index in [-0.39, 0.29) is 6.17 Å². The summed E-state index contributed by atoms with van der Waals surface area (Å²) < 4.78 is 5.36. The zero-order valence-electron chi connectivity index (χ0n) is 15.1. The van der Waals surface area contributed by atoms with E-state index in [4.69, 9.17) is 15.2 Å². The van der Waals surface area contributed by atoms with Crippen molar-refractivity contribution < 1.29 is 4.52 Å². The lowest BCUT2D eigenvalue weighted by Crippen LogP contribution is -2.62. The maximum atomic E-state index is 7.05. The summed E-state index contributed by atoms with van der Waals surface area (Å²) in [6.45, 7) is 1.83. The molecule has 0 spiro atoms. The van der Waals surface area contributed by atoms with Gasteiger partial charge in [-0.05, 0) is 44.6 Å². The van der Waals surface area contributed by atoms with Crippen LogP contribution in [0.5, 0.6) is 0 Å². The van der Waals surface area contributed by atoms with Crippen LogP contribution < -0.4 is 11.1 Å². The Hall–Kier alpha value is -1.53. The van der Waals surface area contributed by atoms with Gasteiger partial charge in [0.05, 0.1) is 11.1 Å². The van der Waals surface area contributed by atoms with E-state index in [1.807, 2.05) is 13.1 Å². The molecule has 6 heteroatoms. The Morgan fingerprint density at radius 2 is 1.84 bits per heavy atom. The van der Waals surface area contributed by atoms with Gasteiger partial charge in [-0.15, -0.1) is 0 Å². The number of rotatable bonds is 4. The van der Waals surface area contributed by atoms with Crippen LogP contribution in [0.1, 0.15) is 69.5 Å². The summed E-state index contributed by atoms with van der Waals surface area (Å²) in [6.07, 6.45) is 15.2. The van der Waals surface area contributed by atoms with Gasteiger partial charge in [-0.2, -0.15) is 4.98 Å². The topological polar surface area (TPSA) is 89.3 Å². The smallest absolute Gasteiger partial charge is 0.259 e. The minimum absolute atomic E-state index is 0.0635. The van der Waals surface area contributed by atoms with Gasteiger partial charge in [0.1, 0.15) is 6.17 Å². The summed E-state index contributed by atoms with van der Waals surface area (Å²) >= 11 is 0. The van der Waals surface area contributed by atoms with E-state index in [1.54, 1.807) is 0 Å². The number of aromatic nitrogens is 2. The third-order valence-corrected chi connectivity index (χ3v) is 6.08. The fraction of sp³-hybridized carbons (Fsp3) is 0.737. The second kappa shape index (κ2) is 7.00. The van der Waals surface area contributed by atoms with Crippen LogP contribution in [0.25, 0.3) is 5.57 Å². The zero-order valence-corrected chi connectivity index (χ0v) is 15.1. The molecule has 2 saturated carbocycles. The van der Waals surface area contributed by atoms with Crippen molar-refractivity contribution in [1.82, 2.24) is 15.5 Å². The van der Waals surface area contributed by atoms with E-state index in [1.165, 1.54) is 57.8 Å². The van der Waals surface area contributed by atoms with E-state index in [0.29, 0.717) is 23.7 Å². The largest absolute Gasteiger partial charge is 0.334 e. The molecule has 136 valence electrons. The summed E-state index contributed by atoms with van der Waals surface area (Å²) in [5.41, 5.74) is 7.42. The van der Waals surface area contributed by atoms with Crippen LogP contribution in [-0.4, -0.2) is 34.1 Å². The van der Waals surface area contributed by atoms with Crippen LogP contribution in [0.4, 0.5) is 0 Å². The number of dihydropyridines is 1. The second-order valence-corrected chi connectivity index (χ2v) is 7.91. The third-order valence-electron chi connectivity index (χ3n) is 6.08. The summed E-state index contributed by atoms with van der Waals surface area (Å²) in [7, 11) is 0. The lowest BCUT2D eigenvalue weighted by atomic mass is 9.71. The number of hydrogen-bond acceptors (Lipinski definition) is 6. The first-order valence-electron chi connectivity index (χ1n) is 9.77. The number of allylic oxidation sites excluding steroid dienone is 1. The minimum atomic E-state index is -0.491. The Labute approximate surface area is 149 Å². The van der Waals surface area contributed by atoms with Crippen LogP contribution in [0, 0.1) is 12.8 Å². The Morgan fingerprint density at radius 1 is 1.12 bits per heavy atom. The van der Waals surface area contributed by atoms with Crippen molar-refractivity contribution in [1.29, 1.82) is 0 Å². The van der Waals surface area contributed by atoms with Gasteiger partial charge in [0.25, 0.3) is 5.89 Å². The Balaban J connectivity index is 1.63. The molecule has 0 radical (unpaired) electrons. The van der Waals surface area contributed by atoms with E-state index < -0.39 is 5.54 Å². The molecule has 0 aromatic carbocycles. The molecular weight excluding hydrogens is 314 g/mol. The van der Waals surface area contributed by atoms with Crippen molar-refractivity contribution in [2.24, 2.45) is 16.6 Å². The van der Waals surface area contributed by atoms with Crippen molar-refractivity contribution >= 4 is 11.8 Å². The molecule has 4 rings (SSSR count). The maximum absolute atomic E-state index is 7.05. The van der Waals surface area contributed by atoms with Crippen LogP contribution in [0.15, 0.2) is 15.6 Å². The predicted molar refractivity (Wildman–Crippen MR) is 98.2 cm³/mol. The highest BCUT2D eigenvalue weighted by Crippen LogP contribution is 2.38. The van der Waals surface area contributed by atoms with E-state index in [0.717, 1.165) is 5.57 Å². The zero-order chi connectivity index (χ0) is 17.3. The first kappa shape index (κ1) is 16.9. The summed E-state index contributed by atoms with van der Waals surface area (Å²) in [6, 6.07) is 0.536. The van der Waals surface area contributed by atoms with Gasteiger partial charge in [-0.1, -0.05) is 37.3 Å². The van der Waals surface area contributed by atoms with Crippen LogP contribution in [0.2, 0.25) is 0 Å². The molecule has 0 bridgehead atoms. The lowest BCUT2D eigenvalue weighted by molar-refractivity contribution is 0.189. The molecule has 6 nitrogen and oxygen atoms in total. The molecule has 1 aromatic rings. The average molecular weight is 343 g/mol. The molecule has 0 amide bonds. The van der Waals surface area contributed by atoms with Gasteiger partial charge < -0.3 is 10.3 Å². The second-order valence-electron chi connectivity index (χ2n) is 7.91. The Morgan fingerprint density at radius 3 is 2.52 bits per heavy atom. The number of hydrogen-bond donors (Lipinski definition) is 2. The monoisotopic (exact) mass is 343 g/mol. The van der Waals surface area contributed by atoms with Crippen molar-refractivity contribution in [2.45, 2.75) is 82.5 Å². The average Bonchev–Trinajstić information content (AvgIpc) is 3.29. The number of aryl methyl sites for hydroxylation is 1. The van der Waals surface area contributed by atoms with Gasteiger partial charge in [0, 0.05) is 12.3 Å². The van der Waals surface area contributed by atoms with Crippen LogP contribution in [-0.2, 0) is 0 Å². The maximum Gasteiger partial charge on any atom is 0.259 e. The normalized spacial score (nSPS) is 31.4. The van der Waals surface area contributed by atoms with Crippen molar-refractivity contribution in [3.8, 4) is 0 Å². The highest BCUT2D eigenvalue weighted by molar-refractivity contribution is 6.09. The quantitative estimate of drug-likeness (QED) is 0.877. The fourth-order valence-corrected chi connectivity index (χ4v) is 4.65. The first-order chi connectivity index (χ1) is 12.1. The molecule has 1 aromatic heterocycles. The molecule has 0 saturated heterocycles. The standard InChI is InChI=1S/C19H29N5O/c1-13-22-17(25-24-13)14-11-19(20,15-7-3-2-4-8-15)18(21-12-14)23-16-9-5-6-10-16/h11-12,15-16,18,23H,2-10,20H2,1H3. The molecule has 2 atom stereocenters. The number of nitrogens with two attached hydrogens (primary N) is 1. The summed E-state index contributed by atoms with van der Waals surface area (Å²) in [5.74, 6) is 1.60. The first-order valence-corrected chi connectivity index (χ1v) is 9.77. The molecule has 3 N–H and O–H groups in total.